The summed E-state index contributed by atoms with van der Waals surface area (Å²) in [6.07, 6.45) is 48.5. The molecule has 0 bridgehead atoms. The summed E-state index contributed by atoms with van der Waals surface area (Å²) in [5, 5.41) is 9.58. The van der Waals surface area contributed by atoms with Gasteiger partial charge in [0.1, 0.15) is 6.61 Å². The van der Waals surface area contributed by atoms with E-state index in [1.807, 2.05) is 0 Å². The number of unbranched alkanes of at least 4 members (excludes halogenated alkanes) is 31. The minimum atomic E-state index is -0.766. The van der Waals surface area contributed by atoms with E-state index < -0.39 is 6.10 Å². The van der Waals surface area contributed by atoms with Gasteiger partial charge in [-0.3, -0.25) is 9.59 Å². The highest BCUT2D eigenvalue weighted by Crippen LogP contribution is 2.16. The maximum Gasteiger partial charge on any atom is 0.306 e. The molecule has 0 aromatic heterocycles. The first kappa shape index (κ1) is 48.6. The van der Waals surface area contributed by atoms with Crippen molar-refractivity contribution in [3.05, 3.63) is 12.2 Å². The third kappa shape index (κ3) is 39.4. The molecule has 0 aliphatic carbocycles. The number of hydrogen-bond acceptors (Lipinski definition) is 5. The van der Waals surface area contributed by atoms with Crippen LogP contribution in [0.1, 0.15) is 245 Å². The Morgan fingerprint density at radius 1 is 0.440 bits per heavy atom. The van der Waals surface area contributed by atoms with Crippen molar-refractivity contribution in [1.29, 1.82) is 0 Å². The van der Waals surface area contributed by atoms with Gasteiger partial charge < -0.3 is 14.6 Å². The van der Waals surface area contributed by atoms with Crippen molar-refractivity contribution in [3.63, 3.8) is 0 Å². The molecule has 0 aliphatic rings. The van der Waals surface area contributed by atoms with Crippen LogP contribution in [0.15, 0.2) is 12.2 Å². The maximum atomic E-state index is 12.2. The summed E-state index contributed by atoms with van der Waals surface area (Å²) in [6.45, 7) is 4.16. The zero-order valence-electron chi connectivity index (χ0n) is 33.7. The molecule has 0 fully saturated rings. The second kappa shape index (κ2) is 42.1. The first-order valence-corrected chi connectivity index (χ1v) is 22.2. The summed E-state index contributed by atoms with van der Waals surface area (Å²) in [6, 6.07) is 0. The molecule has 5 heteroatoms. The molecule has 0 unspecified atom stereocenters. The number of aliphatic hydroxyl groups is 1. The highest BCUT2D eigenvalue weighted by Gasteiger charge is 2.16. The van der Waals surface area contributed by atoms with E-state index in [9.17, 15) is 14.7 Å². The van der Waals surface area contributed by atoms with Gasteiger partial charge in [-0.25, -0.2) is 0 Å². The van der Waals surface area contributed by atoms with Crippen molar-refractivity contribution in [1.82, 2.24) is 0 Å². The summed E-state index contributed by atoms with van der Waals surface area (Å²) in [5.41, 5.74) is 0. The third-order valence-electron chi connectivity index (χ3n) is 10.1. The Kier molecular flexibility index (Phi) is 40.9. The Morgan fingerprint density at radius 2 is 0.740 bits per heavy atom. The molecular weight excluding hydrogens is 620 g/mol. The number of carbonyl (C=O) groups excluding carboxylic acids is 2. The lowest BCUT2D eigenvalue weighted by atomic mass is 10.0. The fraction of sp³-hybridized carbons (Fsp3) is 0.911. The number of ether oxygens (including phenoxy) is 2. The van der Waals surface area contributed by atoms with Crippen molar-refractivity contribution < 1.29 is 24.2 Å². The smallest absolute Gasteiger partial charge is 0.306 e. The van der Waals surface area contributed by atoms with Crippen molar-refractivity contribution >= 4 is 11.9 Å². The second-order valence-electron chi connectivity index (χ2n) is 15.1. The Morgan fingerprint density at radius 3 is 1.08 bits per heavy atom. The molecule has 1 N–H and O–H groups in total. The van der Waals surface area contributed by atoms with E-state index in [1.54, 1.807) is 0 Å². The van der Waals surface area contributed by atoms with E-state index in [4.69, 9.17) is 9.47 Å². The zero-order chi connectivity index (χ0) is 36.4. The van der Waals surface area contributed by atoms with E-state index in [0.29, 0.717) is 12.8 Å². The minimum Gasteiger partial charge on any atom is -0.462 e. The molecule has 0 rings (SSSR count). The van der Waals surface area contributed by atoms with Crippen LogP contribution in [0.4, 0.5) is 0 Å². The molecule has 0 heterocycles. The van der Waals surface area contributed by atoms with Gasteiger partial charge in [-0.1, -0.05) is 206 Å². The van der Waals surface area contributed by atoms with Crippen molar-refractivity contribution in [2.75, 3.05) is 13.2 Å². The van der Waals surface area contributed by atoms with Gasteiger partial charge in [0, 0.05) is 12.8 Å². The normalized spacial score (nSPS) is 12.1. The predicted octanol–water partition coefficient (Wildman–Crippen LogP) is 14.1. The molecule has 5 nitrogen and oxygen atoms in total. The fourth-order valence-corrected chi connectivity index (χ4v) is 6.67. The third-order valence-corrected chi connectivity index (χ3v) is 10.1. The topological polar surface area (TPSA) is 72.8 Å². The van der Waals surface area contributed by atoms with E-state index in [-0.39, 0.29) is 25.2 Å². The standard InChI is InChI=1S/C45H86O5/c1-3-5-7-9-11-13-15-17-19-21-22-24-26-28-30-32-34-36-38-40-45(48)50-43(41-46)42-49-44(47)39-37-35-33-31-29-27-25-23-20-18-16-14-12-10-8-6-4-2/h17,19,43,46H,3-16,18,20-42H2,1-2H3/b19-17+/t43-/m0/s1. The SMILES string of the molecule is CCCCCCCC/C=C/CCCCCCCCCCCC(=O)O[C@@H](CO)COC(=O)CCCCCCCCCCCCCCCCCCC. The lowest BCUT2D eigenvalue weighted by molar-refractivity contribution is -0.161. The monoisotopic (exact) mass is 707 g/mol. The quantitative estimate of drug-likeness (QED) is 0.0389. The van der Waals surface area contributed by atoms with Gasteiger partial charge >= 0.3 is 11.9 Å². The summed E-state index contributed by atoms with van der Waals surface area (Å²) in [5.74, 6) is -0.578. The van der Waals surface area contributed by atoms with Crippen LogP contribution in [-0.4, -0.2) is 36.4 Å². The average molecular weight is 707 g/mol. The summed E-state index contributed by atoms with van der Waals surface area (Å²) >= 11 is 0. The van der Waals surface area contributed by atoms with Gasteiger partial charge in [0.15, 0.2) is 6.10 Å². The predicted molar refractivity (Wildman–Crippen MR) is 215 cm³/mol. The fourth-order valence-electron chi connectivity index (χ4n) is 6.67. The van der Waals surface area contributed by atoms with Crippen LogP contribution >= 0.6 is 0 Å². The number of hydrogen-bond donors (Lipinski definition) is 1. The molecule has 0 aromatic carbocycles. The molecule has 0 amide bonds. The number of carbonyl (C=O) groups is 2. The number of esters is 2. The first-order valence-electron chi connectivity index (χ1n) is 22.2. The molecule has 0 aliphatic heterocycles. The Labute approximate surface area is 311 Å². The molecule has 0 spiro atoms. The number of allylic oxidation sites excluding steroid dienone is 2. The Hall–Kier alpha value is -1.36. The van der Waals surface area contributed by atoms with Crippen LogP contribution in [0.5, 0.6) is 0 Å². The molecule has 1 atom stereocenters. The van der Waals surface area contributed by atoms with Crippen LogP contribution < -0.4 is 0 Å². The van der Waals surface area contributed by atoms with Gasteiger partial charge in [-0.05, 0) is 38.5 Å². The van der Waals surface area contributed by atoms with Crippen molar-refractivity contribution in [3.8, 4) is 0 Å². The summed E-state index contributed by atoms with van der Waals surface area (Å²) < 4.78 is 10.6. The lowest BCUT2D eigenvalue weighted by Crippen LogP contribution is -2.28. The highest BCUT2D eigenvalue weighted by atomic mass is 16.6. The van der Waals surface area contributed by atoms with E-state index >= 15 is 0 Å². The molecule has 0 aromatic rings. The van der Waals surface area contributed by atoms with Crippen LogP contribution in [-0.2, 0) is 19.1 Å². The second-order valence-corrected chi connectivity index (χ2v) is 15.1. The van der Waals surface area contributed by atoms with Gasteiger partial charge in [0.25, 0.3) is 0 Å². The zero-order valence-corrected chi connectivity index (χ0v) is 33.7. The molecule has 0 saturated heterocycles. The van der Waals surface area contributed by atoms with E-state index in [2.05, 4.69) is 26.0 Å². The molecule has 0 saturated carbocycles. The largest absolute Gasteiger partial charge is 0.462 e. The lowest BCUT2D eigenvalue weighted by Gasteiger charge is -2.15. The highest BCUT2D eigenvalue weighted by molar-refractivity contribution is 5.70. The molecule has 296 valence electrons. The Balaban J connectivity index is 3.48. The van der Waals surface area contributed by atoms with Crippen molar-refractivity contribution in [2.45, 2.75) is 251 Å². The van der Waals surface area contributed by atoms with Gasteiger partial charge in [0.05, 0.1) is 6.61 Å². The first-order chi connectivity index (χ1) is 24.6. The number of rotatable bonds is 41. The van der Waals surface area contributed by atoms with Crippen LogP contribution in [0.2, 0.25) is 0 Å². The molecule has 50 heavy (non-hydrogen) atoms. The van der Waals surface area contributed by atoms with Crippen LogP contribution in [0, 0.1) is 0 Å². The summed E-state index contributed by atoms with van der Waals surface area (Å²) in [4.78, 5) is 24.3. The van der Waals surface area contributed by atoms with Gasteiger partial charge in [-0.2, -0.15) is 0 Å². The van der Waals surface area contributed by atoms with Crippen LogP contribution in [0.25, 0.3) is 0 Å². The number of aliphatic hydroxyl groups excluding tert-OH is 1. The van der Waals surface area contributed by atoms with E-state index in [1.165, 1.54) is 186 Å². The minimum absolute atomic E-state index is 0.0600. The van der Waals surface area contributed by atoms with Crippen LogP contribution in [0.3, 0.4) is 0 Å². The van der Waals surface area contributed by atoms with Gasteiger partial charge in [-0.15, -0.1) is 0 Å². The van der Waals surface area contributed by atoms with Crippen molar-refractivity contribution in [2.24, 2.45) is 0 Å². The average Bonchev–Trinajstić information content (AvgIpc) is 3.12. The molecule has 0 radical (unpaired) electrons. The summed E-state index contributed by atoms with van der Waals surface area (Å²) in [7, 11) is 0. The Bertz CT molecular complexity index is 720. The van der Waals surface area contributed by atoms with Gasteiger partial charge in [0.2, 0.25) is 0 Å². The molecular formula is C45H86O5. The van der Waals surface area contributed by atoms with E-state index in [0.717, 1.165) is 32.1 Å². The maximum absolute atomic E-state index is 12.2.